The van der Waals surface area contributed by atoms with Crippen LogP contribution < -0.4 is 16.0 Å². The second-order valence-corrected chi connectivity index (χ2v) is 5.40. The minimum Gasteiger partial charge on any atom is -0.508 e. The van der Waals surface area contributed by atoms with Crippen LogP contribution in [-0.4, -0.2) is 27.0 Å². The molecule has 0 aliphatic carbocycles. The maximum absolute atomic E-state index is 12.4. The Morgan fingerprint density at radius 1 is 1.21 bits per heavy atom. The second kappa shape index (κ2) is 5.02. The van der Waals surface area contributed by atoms with Gasteiger partial charge in [-0.05, 0) is 36.4 Å². The first kappa shape index (κ1) is 14.1. The lowest BCUT2D eigenvalue weighted by atomic mass is 10.1. The highest BCUT2D eigenvalue weighted by Crippen LogP contribution is 2.28. The van der Waals surface area contributed by atoms with Gasteiger partial charge in [0.2, 0.25) is 0 Å². The van der Waals surface area contributed by atoms with Gasteiger partial charge in [-0.3, -0.25) is 4.79 Å². The number of hydrogen-bond acceptors (Lipinski definition) is 5. The van der Waals surface area contributed by atoms with Crippen molar-refractivity contribution in [3.8, 4) is 17.2 Å². The standard InChI is InChI=1S/C17H14N4O3/c1-24-11-5-2-9(3-6-11)21-16(18)14-15(20-21)12-7-4-10(22)8-13(12)19-17(14)23/h2-8,22H,18H2,1H3,(H,19,23). The predicted octanol–water partition coefficient (Wildman–Crippen LogP) is 2.16. The Morgan fingerprint density at radius 3 is 2.67 bits per heavy atom. The van der Waals surface area contributed by atoms with Crippen LogP contribution in [0.3, 0.4) is 0 Å². The van der Waals surface area contributed by atoms with E-state index in [2.05, 4.69) is 10.1 Å². The van der Waals surface area contributed by atoms with Crippen LogP contribution in [0.5, 0.6) is 11.5 Å². The largest absolute Gasteiger partial charge is 0.508 e. The van der Waals surface area contributed by atoms with E-state index in [1.165, 1.54) is 10.7 Å². The molecule has 4 aromatic rings. The number of rotatable bonds is 2. The number of nitrogens with zero attached hydrogens (tertiary/aromatic N) is 2. The molecule has 0 amide bonds. The Balaban J connectivity index is 2.04. The minimum atomic E-state index is -0.347. The first-order chi connectivity index (χ1) is 11.6. The number of aromatic hydroxyl groups is 1. The fraction of sp³-hybridized carbons (Fsp3) is 0.0588. The molecule has 0 spiro atoms. The number of aromatic amines is 1. The van der Waals surface area contributed by atoms with Crippen molar-refractivity contribution < 1.29 is 9.84 Å². The highest BCUT2D eigenvalue weighted by molar-refractivity contribution is 6.07. The number of methoxy groups -OCH3 is 1. The lowest BCUT2D eigenvalue weighted by Crippen LogP contribution is -2.08. The van der Waals surface area contributed by atoms with Crippen LogP contribution in [0.1, 0.15) is 0 Å². The average Bonchev–Trinajstić information content (AvgIpc) is 2.93. The molecule has 0 radical (unpaired) electrons. The number of phenols is 1. The molecule has 2 heterocycles. The molecule has 0 atom stereocenters. The molecule has 24 heavy (non-hydrogen) atoms. The number of nitrogens with two attached hydrogens (primary N) is 1. The van der Waals surface area contributed by atoms with Crippen molar-refractivity contribution in [2.45, 2.75) is 0 Å². The number of phenolic OH excluding ortho intramolecular Hbond substituents is 1. The summed E-state index contributed by atoms with van der Waals surface area (Å²) in [6, 6.07) is 11.9. The summed E-state index contributed by atoms with van der Waals surface area (Å²) in [4.78, 5) is 15.1. The van der Waals surface area contributed by atoms with E-state index in [1.807, 2.05) is 12.1 Å². The van der Waals surface area contributed by atoms with Crippen molar-refractivity contribution in [3.05, 3.63) is 52.8 Å². The van der Waals surface area contributed by atoms with Gasteiger partial charge in [-0.2, -0.15) is 5.10 Å². The molecule has 7 heteroatoms. The van der Waals surface area contributed by atoms with Crippen LogP contribution in [0.25, 0.3) is 27.5 Å². The van der Waals surface area contributed by atoms with Gasteiger partial charge in [0.15, 0.2) is 0 Å². The summed E-state index contributed by atoms with van der Waals surface area (Å²) >= 11 is 0. The maximum atomic E-state index is 12.4. The number of ether oxygens (including phenoxy) is 1. The normalized spacial score (nSPS) is 11.2. The SMILES string of the molecule is COc1ccc(-n2nc3c(c2N)c(=O)[nH]c2cc(O)ccc23)cc1. The summed E-state index contributed by atoms with van der Waals surface area (Å²) in [5, 5.41) is 15.1. The lowest BCUT2D eigenvalue weighted by molar-refractivity contribution is 0.414. The Bertz CT molecular complexity index is 1130. The van der Waals surface area contributed by atoms with Gasteiger partial charge in [0, 0.05) is 11.5 Å². The van der Waals surface area contributed by atoms with E-state index in [0.29, 0.717) is 27.6 Å². The predicted molar refractivity (Wildman–Crippen MR) is 91.8 cm³/mol. The summed E-state index contributed by atoms with van der Waals surface area (Å²) < 4.78 is 6.66. The summed E-state index contributed by atoms with van der Waals surface area (Å²) in [6.07, 6.45) is 0. The molecular formula is C17H14N4O3. The highest BCUT2D eigenvalue weighted by Gasteiger charge is 2.16. The number of fused-ring (bicyclic) bond motifs is 3. The number of anilines is 1. The molecule has 0 aliphatic rings. The third-order valence-corrected chi connectivity index (χ3v) is 3.97. The van der Waals surface area contributed by atoms with E-state index >= 15 is 0 Å². The second-order valence-electron chi connectivity index (χ2n) is 5.40. The highest BCUT2D eigenvalue weighted by atomic mass is 16.5. The Morgan fingerprint density at radius 2 is 1.96 bits per heavy atom. The fourth-order valence-corrected chi connectivity index (χ4v) is 2.79. The first-order valence-electron chi connectivity index (χ1n) is 7.26. The smallest absolute Gasteiger partial charge is 0.261 e. The number of hydrogen-bond donors (Lipinski definition) is 3. The van der Waals surface area contributed by atoms with Crippen LogP contribution in [0.2, 0.25) is 0 Å². The van der Waals surface area contributed by atoms with E-state index in [-0.39, 0.29) is 17.1 Å². The summed E-state index contributed by atoms with van der Waals surface area (Å²) in [7, 11) is 1.59. The topological polar surface area (TPSA) is 106 Å². The van der Waals surface area contributed by atoms with Crippen molar-refractivity contribution in [2.75, 3.05) is 12.8 Å². The van der Waals surface area contributed by atoms with Crippen molar-refractivity contribution in [3.63, 3.8) is 0 Å². The van der Waals surface area contributed by atoms with Crippen molar-refractivity contribution in [1.29, 1.82) is 0 Å². The molecule has 4 rings (SSSR count). The molecule has 120 valence electrons. The van der Waals surface area contributed by atoms with E-state index in [0.717, 1.165) is 5.69 Å². The molecule has 0 bridgehead atoms. The number of benzene rings is 2. The summed E-state index contributed by atoms with van der Waals surface area (Å²) in [5.74, 6) is 1.04. The van der Waals surface area contributed by atoms with E-state index in [1.54, 1.807) is 31.4 Å². The third kappa shape index (κ3) is 1.98. The fourth-order valence-electron chi connectivity index (χ4n) is 2.79. The Hall–Kier alpha value is -3.48. The van der Waals surface area contributed by atoms with Gasteiger partial charge in [-0.25, -0.2) is 4.68 Å². The first-order valence-corrected chi connectivity index (χ1v) is 7.26. The van der Waals surface area contributed by atoms with Gasteiger partial charge in [0.25, 0.3) is 5.56 Å². The van der Waals surface area contributed by atoms with E-state index < -0.39 is 0 Å². The molecule has 2 aromatic carbocycles. The van der Waals surface area contributed by atoms with Gasteiger partial charge >= 0.3 is 0 Å². The molecule has 0 saturated heterocycles. The zero-order valence-electron chi connectivity index (χ0n) is 12.8. The quantitative estimate of drug-likeness (QED) is 0.524. The lowest BCUT2D eigenvalue weighted by Gasteiger charge is -2.04. The molecule has 0 unspecified atom stereocenters. The molecule has 4 N–H and O–H groups in total. The van der Waals surface area contributed by atoms with E-state index in [4.69, 9.17) is 10.5 Å². The van der Waals surface area contributed by atoms with Gasteiger partial charge in [0.1, 0.15) is 28.2 Å². The van der Waals surface area contributed by atoms with Gasteiger partial charge < -0.3 is 20.6 Å². The number of H-pyrrole nitrogens is 1. The molecular weight excluding hydrogens is 308 g/mol. The monoisotopic (exact) mass is 322 g/mol. The molecule has 0 saturated carbocycles. The Labute approximate surface area is 135 Å². The van der Waals surface area contributed by atoms with Gasteiger partial charge in [-0.1, -0.05) is 0 Å². The van der Waals surface area contributed by atoms with Crippen molar-refractivity contribution in [2.24, 2.45) is 0 Å². The molecule has 0 fully saturated rings. The Kier molecular flexibility index (Phi) is 2.96. The van der Waals surface area contributed by atoms with Crippen LogP contribution >= 0.6 is 0 Å². The van der Waals surface area contributed by atoms with Gasteiger partial charge in [0.05, 0.1) is 18.3 Å². The van der Waals surface area contributed by atoms with E-state index in [9.17, 15) is 9.90 Å². The molecule has 7 nitrogen and oxygen atoms in total. The van der Waals surface area contributed by atoms with Crippen LogP contribution in [0.4, 0.5) is 5.82 Å². The van der Waals surface area contributed by atoms with Crippen LogP contribution in [0, 0.1) is 0 Å². The van der Waals surface area contributed by atoms with Crippen LogP contribution in [0.15, 0.2) is 47.3 Å². The van der Waals surface area contributed by atoms with Crippen molar-refractivity contribution in [1.82, 2.24) is 14.8 Å². The average molecular weight is 322 g/mol. The maximum Gasteiger partial charge on any atom is 0.261 e. The summed E-state index contributed by atoms with van der Waals surface area (Å²) in [5.41, 5.74) is 7.53. The number of aromatic nitrogens is 3. The molecule has 2 aromatic heterocycles. The summed E-state index contributed by atoms with van der Waals surface area (Å²) in [6.45, 7) is 0. The zero-order valence-corrected chi connectivity index (χ0v) is 12.8. The number of nitrogens with one attached hydrogen (secondary N) is 1. The van der Waals surface area contributed by atoms with Crippen LogP contribution in [-0.2, 0) is 0 Å². The molecule has 0 aliphatic heterocycles. The van der Waals surface area contributed by atoms with Gasteiger partial charge in [-0.15, -0.1) is 0 Å². The minimum absolute atomic E-state index is 0.0695. The zero-order chi connectivity index (χ0) is 16.8. The van der Waals surface area contributed by atoms with Crippen molar-refractivity contribution >= 4 is 27.6 Å². The number of nitrogen functional groups attached to an aromatic ring is 1. The number of pyridine rings is 1. The third-order valence-electron chi connectivity index (χ3n) is 3.97.